The van der Waals surface area contributed by atoms with E-state index in [1.807, 2.05) is 0 Å². The Kier molecular flexibility index (Phi) is 3.31. The van der Waals surface area contributed by atoms with Crippen molar-refractivity contribution in [1.82, 2.24) is 0 Å². The third-order valence-corrected chi connectivity index (χ3v) is 1.40. The van der Waals surface area contributed by atoms with Crippen LogP contribution in [0.1, 0.15) is 13.3 Å². The maximum atomic E-state index is 11.9. The minimum atomic E-state index is -4.58. The van der Waals surface area contributed by atoms with E-state index < -0.39 is 18.2 Å². The average molecular weight is 172 g/mol. The molecule has 0 fully saturated rings. The van der Waals surface area contributed by atoms with Crippen molar-refractivity contribution >= 4 is 0 Å². The standard InChI is InChI=1S/C6H11F3O2/c1-5(10,3-4-11-2)6(7,8)9/h10H,3-4H2,1-2H3/t5-/m1/s1. The van der Waals surface area contributed by atoms with E-state index in [0.717, 1.165) is 6.92 Å². The summed E-state index contributed by atoms with van der Waals surface area (Å²) in [4.78, 5) is 0. The predicted octanol–water partition coefficient (Wildman–Crippen LogP) is 1.34. The van der Waals surface area contributed by atoms with Crippen molar-refractivity contribution in [3.63, 3.8) is 0 Å². The highest BCUT2D eigenvalue weighted by Crippen LogP contribution is 2.32. The van der Waals surface area contributed by atoms with Crippen LogP contribution in [0, 0.1) is 0 Å². The van der Waals surface area contributed by atoms with Crippen molar-refractivity contribution in [3.05, 3.63) is 0 Å². The number of methoxy groups -OCH3 is 1. The van der Waals surface area contributed by atoms with Crippen LogP contribution in [0.3, 0.4) is 0 Å². The molecule has 1 atom stereocenters. The van der Waals surface area contributed by atoms with Gasteiger partial charge in [-0.25, -0.2) is 0 Å². The molecular weight excluding hydrogens is 161 g/mol. The largest absolute Gasteiger partial charge is 0.416 e. The van der Waals surface area contributed by atoms with Gasteiger partial charge in [0.2, 0.25) is 0 Å². The van der Waals surface area contributed by atoms with E-state index in [1.165, 1.54) is 7.11 Å². The number of hydrogen-bond donors (Lipinski definition) is 1. The van der Waals surface area contributed by atoms with Crippen LogP contribution in [0.5, 0.6) is 0 Å². The van der Waals surface area contributed by atoms with Crippen LogP contribution in [0.25, 0.3) is 0 Å². The van der Waals surface area contributed by atoms with Crippen LogP contribution in [0.15, 0.2) is 0 Å². The van der Waals surface area contributed by atoms with Gasteiger partial charge >= 0.3 is 6.18 Å². The molecule has 0 spiro atoms. The summed E-state index contributed by atoms with van der Waals surface area (Å²) in [6, 6.07) is 0. The molecule has 0 rings (SSSR count). The normalized spacial score (nSPS) is 18.0. The summed E-state index contributed by atoms with van der Waals surface area (Å²) in [5.41, 5.74) is -2.64. The summed E-state index contributed by atoms with van der Waals surface area (Å²) >= 11 is 0. The molecule has 0 saturated carbocycles. The zero-order valence-corrected chi connectivity index (χ0v) is 6.40. The van der Waals surface area contributed by atoms with E-state index in [2.05, 4.69) is 4.74 Å². The van der Waals surface area contributed by atoms with Gasteiger partial charge in [0.15, 0.2) is 5.60 Å². The van der Waals surface area contributed by atoms with Crippen LogP contribution in [-0.4, -0.2) is 30.6 Å². The Hall–Kier alpha value is -0.290. The second kappa shape index (κ2) is 3.40. The van der Waals surface area contributed by atoms with E-state index in [4.69, 9.17) is 5.11 Å². The summed E-state index contributed by atoms with van der Waals surface area (Å²) < 4.78 is 40.0. The molecule has 68 valence electrons. The van der Waals surface area contributed by atoms with E-state index in [-0.39, 0.29) is 6.61 Å². The summed E-state index contributed by atoms with van der Waals surface area (Å²) in [5, 5.41) is 8.78. The van der Waals surface area contributed by atoms with Crippen molar-refractivity contribution in [2.24, 2.45) is 0 Å². The molecule has 0 aliphatic heterocycles. The Bertz CT molecular complexity index is 119. The molecule has 1 N–H and O–H groups in total. The Morgan fingerprint density at radius 2 is 1.82 bits per heavy atom. The van der Waals surface area contributed by atoms with Crippen LogP contribution in [0.2, 0.25) is 0 Å². The first-order valence-corrected chi connectivity index (χ1v) is 3.09. The zero-order chi connectivity index (χ0) is 9.12. The molecule has 2 nitrogen and oxygen atoms in total. The van der Waals surface area contributed by atoms with E-state index in [0.29, 0.717) is 0 Å². The summed E-state index contributed by atoms with van der Waals surface area (Å²) in [6.07, 6.45) is -5.02. The molecule has 11 heavy (non-hydrogen) atoms. The fourth-order valence-electron chi connectivity index (χ4n) is 0.443. The molecular formula is C6H11F3O2. The van der Waals surface area contributed by atoms with Crippen molar-refractivity contribution in [2.75, 3.05) is 13.7 Å². The Morgan fingerprint density at radius 3 is 2.09 bits per heavy atom. The molecule has 0 aliphatic carbocycles. The second-order valence-corrected chi connectivity index (χ2v) is 2.51. The van der Waals surface area contributed by atoms with Gasteiger partial charge in [0, 0.05) is 20.1 Å². The van der Waals surface area contributed by atoms with Gasteiger partial charge < -0.3 is 9.84 Å². The molecule has 0 aromatic rings. The van der Waals surface area contributed by atoms with E-state index in [9.17, 15) is 13.2 Å². The quantitative estimate of drug-likeness (QED) is 0.696. The number of halogens is 3. The van der Waals surface area contributed by atoms with E-state index in [1.54, 1.807) is 0 Å². The van der Waals surface area contributed by atoms with Gasteiger partial charge in [-0.1, -0.05) is 0 Å². The minimum absolute atomic E-state index is 0.105. The first-order valence-electron chi connectivity index (χ1n) is 3.09. The number of rotatable bonds is 3. The third kappa shape index (κ3) is 3.07. The smallest absolute Gasteiger partial charge is 0.385 e. The van der Waals surface area contributed by atoms with Gasteiger partial charge in [-0.2, -0.15) is 13.2 Å². The third-order valence-electron chi connectivity index (χ3n) is 1.40. The molecule has 0 heterocycles. The fourth-order valence-corrected chi connectivity index (χ4v) is 0.443. The maximum absolute atomic E-state index is 11.9. The Morgan fingerprint density at radius 1 is 1.36 bits per heavy atom. The molecule has 0 saturated heterocycles. The zero-order valence-electron chi connectivity index (χ0n) is 6.40. The van der Waals surface area contributed by atoms with Crippen LogP contribution in [-0.2, 0) is 4.74 Å². The SMILES string of the molecule is COCC[C@@](C)(O)C(F)(F)F. The lowest BCUT2D eigenvalue weighted by atomic mass is 10.0. The summed E-state index contributed by atoms with van der Waals surface area (Å²) in [6.45, 7) is 0.624. The molecule has 0 aromatic carbocycles. The van der Waals surface area contributed by atoms with Gasteiger partial charge in [-0.15, -0.1) is 0 Å². The summed E-state index contributed by atoms with van der Waals surface area (Å²) in [7, 11) is 1.28. The molecule has 0 unspecified atom stereocenters. The summed E-state index contributed by atoms with van der Waals surface area (Å²) in [5.74, 6) is 0. The lowest BCUT2D eigenvalue weighted by Gasteiger charge is -2.25. The Labute approximate surface area is 63.0 Å². The lowest BCUT2D eigenvalue weighted by Crippen LogP contribution is -2.42. The molecule has 0 aromatic heterocycles. The molecule has 0 amide bonds. The second-order valence-electron chi connectivity index (χ2n) is 2.51. The molecule has 5 heteroatoms. The van der Waals surface area contributed by atoms with Crippen molar-refractivity contribution < 1.29 is 23.0 Å². The van der Waals surface area contributed by atoms with Gasteiger partial charge in [0.1, 0.15) is 0 Å². The number of hydrogen-bond acceptors (Lipinski definition) is 2. The van der Waals surface area contributed by atoms with Crippen molar-refractivity contribution in [3.8, 4) is 0 Å². The van der Waals surface area contributed by atoms with Crippen molar-refractivity contribution in [1.29, 1.82) is 0 Å². The predicted molar refractivity (Wildman–Crippen MR) is 33.2 cm³/mol. The van der Waals surface area contributed by atoms with Crippen molar-refractivity contribution in [2.45, 2.75) is 25.1 Å². The maximum Gasteiger partial charge on any atom is 0.416 e. The van der Waals surface area contributed by atoms with Gasteiger partial charge in [0.25, 0.3) is 0 Å². The highest BCUT2D eigenvalue weighted by atomic mass is 19.4. The van der Waals surface area contributed by atoms with Gasteiger partial charge in [-0.05, 0) is 6.92 Å². The first-order chi connectivity index (χ1) is 4.81. The van der Waals surface area contributed by atoms with Crippen LogP contribution >= 0.6 is 0 Å². The van der Waals surface area contributed by atoms with Gasteiger partial charge in [0.05, 0.1) is 0 Å². The number of aliphatic hydroxyl groups is 1. The average Bonchev–Trinajstić information content (AvgIpc) is 1.81. The monoisotopic (exact) mass is 172 g/mol. The Balaban J connectivity index is 4.00. The first kappa shape index (κ1) is 10.7. The highest BCUT2D eigenvalue weighted by molar-refractivity contribution is 4.80. The van der Waals surface area contributed by atoms with E-state index >= 15 is 0 Å². The molecule has 0 radical (unpaired) electrons. The number of alkyl halides is 3. The molecule has 0 aliphatic rings. The van der Waals surface area contributed by atoms with Crippen LogP contribution < -0.4 is 0 Å². The van der Waals surface area contributed by atoms with Crippen LogP contribution in [0.4, 0.5) is 13.2 Å². The minimum Gasteiger partial charge on any atom is -0.385 e. The fraction of sp³-hybridized carbons (Fsp3) is 1.00. The topological polar surface area (TPSA) is 29.5 Å². The molecule has 0 bridgehead atoms. The highest BCUT2D eigenvalue weighted by Gasteiger charge is 2.49. The van der Waals surface area contributed by atoms with Gasteiger partial charge in [-0.3, -0.25) is 0 Å². The number of ether oxygens (including phenoxy) is 1. The lowest BCUT2D eigenvalue weighted by molar-refractivity contribution is -0.257.